The van der Waals surface area contributed by atoms with E-state index >= 15 is 0 Å². The van der Waals surface area contributed by atoms with Crippen molar-refractivity contribution in [2.75, 3.05) is 5.75 Å². The van der Waals surface area contributed by atoms with E-state index in [9.17, 15) is 0 Å². The van der Waals surface area contributed by atoms with Gasteiger partial charge in [0.2, 0.25) is 0 Å². The lowest BCUT2D eigenvalue weighted by Crippen LogP contribution is -2.37. The topological polar surface area (TPSA) is 38.0 Å². The summed E-state index contributed by atoms with van der Waals surface area (Å²) in [4.78, 5) is 1.11. The Morgan fingerprint density at radius 3 is 2.45 bits per heavy atom. The molecule has 2 nitrogen and oxygen atoms in total. The maximum atomic E-state index is 6.15. The van der Waals surface area contributed by atoms with Crippen molar-refractivity contribution in [3.63, 3.8) is 0 Å². The van der Waals surface area contributed by atoms with Gasteiger partial charge in [-0.15, -0.1) is 11.8 Å². The number of nitrogens with one attached hydrogen (secondary N) is 1. The van der Waals surface area contributed by atoms with Gasteiger partial charge in [-0.1, -0.05) is 54.1 Å². The predicted molar refractivity (Wildman–Crippen MR) is 88.1 cm³/mol. The SMILES string of the molecule is NNC(CCc1ccccc1)CSc1ccccc1Cl. The van der Waals surface area contributed by atoms with Crippen LogP contribution < -0.4 is 11.3 Å². The minimum absolute atomic E-state index is 0.275. The van der Waals surface area contributed by atoms with Crippen LogP contribution in [0.25, 0.3) is 0 Å². The van der Waals surface area contributed by atoms with Gasteiger partial charge in [0.15, 0.2) is 0 Å². The number of hydrogen-bond acceptors (Lipinski definition) is 3. The molecule has 0 aromatic heterocycles. The van der Waals surface area contributed by atoms with Crippen molar-refractivity contribution in [1.82, 2.24) is 5.43 Å². The molecule has 1 unspecified atom stereocenters. The fourth-order valence-electron chi connectivity index (χ4n) is 1.95. The molecular weight excluding hydrogens is 288 g/mol. The van der Waals surface area contributed by atoms with E-state index in [4.69, 9.17) is 17.4 Å². The Kier molecular flexibility index (Phi) is 6.40. The molecule has 1 atom stereocenters. The zero-order chi connectivity index (χ0) is 14.2. The summed E-state index contributed by atoms with van der Waals surface area (Å²) in [6, 6.07) is 18.6. The lowest BCUT2D eigenvalue weighted by Gasteiger charge is -2.15. The Hall–Kier alpha value is -1.00. The standard InChI is InChI=1S/C16H19ClN2S/c17-15-8-4-5-9-16(15)20-12-14(19-18)11-10-13-6-2-1-3-7-13/h1-9,14,19H,10-12,18H2. The number of hydrogen-bond donors (Lipinski definition) is 2. The second kappa shape index (κ2) is 8.32. The highest BCUT2D eigenvalue weighted by Gasteiger charge is 2.09. The van der Waals surface area contributed by atoms with Crippen molar-refractivity contribution in [1.29, 1.82) is 0 Å². The normalized spacial score (nSPS) is 12.3. The summed E-state index contributed by atoms with van der Waals surface area (Å²) in [5.74, 6) is 6.55. The summed E-state index contributed by atoms with van der Waals surface area (Å²) in [5, 5.41) is 0.802. The largest absolute Gasteiger partial charge is 0.271 e. The van der Waals surface area contributed by atoms with Crippen molar-refractivity contribution >= 4 is 23.4 Å². The van der Waals surface area contributed by atoms with Gasteiger partial charge in [0.25, 0.3) is 0 Å². The molecule has 0 aliphatic rings. The summed E-state index contributed by atoms with van der Waals surface area (Å²) < 4.78 is 0. The van der Waals surface area contributed by atoms with Crippen LogP contribution in [-0.4, -0.2) is 11.8 Å². The van der Waals surface area contributed by atoms with E-state index in [2.05, 4.69) is 29.7 Å². The third kappa shape index (κ3) is 4.84. The first kappa shape index (κ1) is 15.4. The fraction of sp³-hybridized carbons (Fsp3) is 0.250. The van der Waals surface area contributed by atoms with Crippen LogP contribution in [0, 0.1) is 0 Å². The second-order valence-electron chi connectivity index (χ2n) is 4.63. The summed E-state index contributed by atoms with van der Waals surface area (Å²) in [6.45, 7) is 0. The van der Waals surface area contributed by atoms with Gasteiger partial charge in [-0.25, -0.2) is 0 Å². The maximum Gasteiger partial charge on any atom is 0.0541 e. The van der Waals surface area contributed by atoms with Crippen molar-refractivity contribution in [2.45, 2.75) is 23.8 Å². The summed E-state index contributed by atoms with van der Waals surface area (Å²) >= 11 is 7.89. The predicted octanol–water partition coefficient (Wildman–Crippen LogP) is 3.90. The third-order valence-corrected chi connectivity index (χ3v) is 4.81. The number of thioether (sulfide) groups is 1. The molecular formula is C16H19ClN2S. The molecule has 0 aliphatic carbocycles. The molecule has 0 spiro atoms. The number of nitrogens with two attached hydrogens (primary N) is 1. The van der Waals surface area contributed by atoms with Crippen LogP contribution in [0.15, 0.2) is 59.5 Å². The van der Waals surface area contributed by atoms with E-state index in [1.807, 2.05) is 30.3 Å². The smallest absolute Gasteiger partial charge is 0.0541 e. The van der Waals surface area contributed by atoms with Crippen LogP contribution in [0.2, 0.25) is 5.02 Å². The zero-order valence-electron chi connectivity index (χ0n) is 11.3. The Morgan fingerprint density at radius 2 is 1.75 bits per heavy atom. The molecule has 0 amide bonds. The maximum absolute atomic E-state index is 6.15. The molecule has 0 aliphatic heterocycles. The third-order valence-electron chi connectivity index (χ3n) is 3.14. The average Bonchev–Trinajstić information content (AvgIpc) is 2.50. The van der Waals surface area contributed by atoms with Gasteiger partial charge in [0.05, 0.1) is 5.02 Å². The van der Waals surface area contributed by atoms with Crippen LogP contribution in [0.1, 0.15) is 12.0 Å². The molecule has 2 rings (SSSR count). The molecule has 2 aromatic carbocycles. The fourth-order valence-corrected chi connectivity index (χ4v) is 3.28. The summed E-state index contributed by atoms with van der Waals surface area (Å²) in [5.41, 5.74) is 4.24. The Balaban J connectivity index is 1.82. The number of benzene rings is 2. The van der Waals surface area contributed by atoms with E-state index in [-0.39, 0.29) is 6.04 Å². The number of hydrazine groups is 1. The van der Waals surface area contributed by atoms with Crippen molar-refractivity contribution in [3.05, 3.63) is 65.2 Å². The molecule has 3 N–H and O–H groups in total. The molecule has 0 radical (unpaired) electrons. The van der Waals surface area contributed by atoms with E-state index in [1.165, 1.54) is 5.56 Å². The van der Waals surface area contributed by atoms with Gasteiger partial charge in [-0.3, -0.25) is 11.3 Å². The monoisotopic (exact) mass is 306 g/mol. The molecule has 0 saturated heterocycles. The van der Waals surface area contributed by atoms with Gasteiger partial charge < -0.3 is 0 Å². The summed E-state index contributed by atoms with van der Waals surface area (Å²) in [6.07, 6.45) is 2.04. The average molecular weight is 307 g/mol. The van der Waals surface area contributed by atoms with Crippen LogP contribution in [0.5, 0.6) is 0 Å². The quantitative estimate of drug-likeness (QED) is 0.463. The highest BCUT2D eigenvalue weighted by molar-refractivity contribution is 7.99. The highest BCUT2D eigenvalue weighted by atomic mass is 35.5. The van der Waals surface area contributed by atoms with Gasteiger partial charge >= 0.3 is 0 Å². The van der Waals surface area contributed by atoms with Crippen molar-refractivity contribution < 1.29 is 0 Å². The lowest BCUT2D eigenvalue weighted by atomic mass is 10.1. The second-order valence-corrected chi connectivity index (χ2v) is 6.10. The van der Waals surface area contributed by atoms with Crippen LogP contribution in [0.3, 0.4) is 0 Å². The number of aryl methyl sites for hydroxylation is 1. The molecule has 106 valence electrons. The summed E-state index contributed by atoms with van der Waals surface area (Å²) in [7, 11) is 0. The van der Waals surface area contributed by atoms with E-state index < -0.39 is 0 Å². The first-order chi connectivity index (χ1) is 9.79. The molecule has 0 heterocycles. The highest BCUT2D eigenvalue weighted by Crippen LogP contribution is 2.27. The molecule has 2 aromatic rings. The zero-order valence-corrected chi connectivity index (χ0v) is 12.8. The molecule has 0 saturated carbocycles. The van der Waals surface area contributed by atoms with E-state index in [1.54, 1.807) is 11.8 Å². The Morgan fingerprint density at radius 1 is 1.05 bits per heavy atom. The molecule has 20 heavy (non-hydrogen) atoms. The molecule has 0 fully saturated rings. The Bertz CT molecular complexity index is 519. The van der Waals surface area contributed by atoms with Crippen LogP contribution in [0.4, 0.5) is 0 Å². The molecule has 4 heteroatoms. The van der Waals surface area contributed by atoms with Gasteiger partial charge in [0, 0.05) is 16.7 Å². The number of rotatable bonds is 7. The van der Waals surface area contributed by atoms with Gasteiger partial charge in [0.1, 0.15) is 0 Å². The van der Waals surface area contributed by atoms with Crippen molar-refractivity contribution in [3.8, 4) is 0 Å². The Labute approximate surface area is 129 Å². The first-order valence-electron chi connectivity index (χ1n) is 6.67. The van der Waals surface area contributed by atoms with E-state index in [0.717, 1.165) is 28.5 Å². The van der Waals surface area contributed by atoms with E-state index in [0.29, 0.717) is 0 Å². The van der Waals surface area contributed by atoms with Crippen LogP contribution in [-0.2, 0) is 6.42 Å². The van der Waals surface area contributed by atoms with Crippen molar-refractivity contribution in [2.24, 2.45) is 5.84 Å². The molecule has 0 bridgehead atoms. The first-order valence-corrected chi connectivity index (χ1v) is 8.03. The number of halogens is 1. The lowest BCUT2D eigenvalue weighted by molar-refractivity contribution is 0.539. The van der Waals surface area contributed by atoms with Crippen LogP contribution >= 0.6 is 23.4 Å². The minimum atomic E-state index is 0.275. The van der Waals surface area contributed by atoms with Gasteiger partial charge in [-0.2, -0.15) is 0 Å². The van der Waals surface area contributed by atoms with Gasteiger partial charge in [-0.05, 0) is 30.5 Å². The minimum Gasteiger partial charge on any atom is -0.271 e.